The first-order chi connectivity index (χ1) is 9.95. The molecule has 5 heteroatoms. The molecule has 2 aromatic carbocycles. The molecule has 0 aliphatic rings. The molecule has 0 aliphatic heterocycles. The second-order valence-corrected chi connectivity index (χ2v) is 5.31. The number of thiocarbonyl (C=S) groups is 1. The number of nitrogens with one attached hydrogen (secondary N) is 1. The lowest BCUT2D eigenvalue weighted by molar-refractivity contribution is 0.242. The normalized spacial score (nSPS) is 10.5. The van der Waals surface area contributed by atoms with E-state index in [1.807, 2.05) is 38.1 Å². The van der Waals surface area contributed by atoms with Gasteiger partial charge in [0.1, 0.15) is 16.6 Å². The van der Waals surface area contributed by atoms with E-state index in [-0.39, 0.29) is 16.9 Å². The minimum absolute atomic E-state index is 0.127. The zero-order chi connectivity index (χ0) is 15.4. The molecule has 0 aromatic heterocycles. The van der Waals surface area contributed by atoms with Crippen LogP contribution in [0.15, 0.2) is 42.5 Å². The van der Waals surface area contributed by atoms with E-state index in [9.17, 15) is 4.39 Å². The lowest BCUT2D eigenvalue weighted by Crippen LogP contribution is -2.12. The van der Waals surface area contributed by atoms with E-state index in [0.29, 0.717) is 11.3 Å². The maximum absolute atomic E-state index is 13.3. The molecule has 110 valence electrons. The zero-order valence-electron chi connectivity index (χ0n) is 11.9. The molecule has 2 rings (SSSR count). The minimum Gasteiger partial charge on any atom is -0.491 e. The zero-order valence-corrected chi connectivity index (χ0v) is 12.7. The molecule has 3 N–H and O–H groups in total. The highest BCUT2D eigenvalue weighted by Crippen LogP contribution is 2.24. The number of hydrogen-bond acceptors (Lipinski definition) is 3. The predicted molar refractivity (Wildman–Crippen MR) is 87.8 cm³/mol. The van der Waals surface area contributed by atoms with E-state index in [1.165, 1.54) is 12.1 Å². The predicted octanol–water partition coefficient (Wildman–Crippen LogP) is 3.99. The van der Waals surface area contributed by atoms with Crippen molar-refractivity contribution >= 4 is 28.6 Å². The van der Waals surface area contributed by atoms with Crippen molar-refractivity contribution in [3.8, 4) is 5.75 Å². The Kier molecular flexibility index (Phi) is 4.75. The Hall–Kier alpha value is -2.14. The van der Waals surface area contributed by atoms with Crippen LogP contribution in [0.4, 0.5) is 15.8 Å². The molecule has 0 fully saturated rings. The largest absolute Gasteiger partial charge is 0.491 e. The van der Waals surface area contributed by atoms with Crippen LogP contribution < -0.4 is 15.8 Å². The van der Waals surface area contributed by atoms with Gasteiger partial charge in [0.05, 0.1) is 6.10 Å². The third-order valence-electron chi connectivity index (χ3n) is 2.75. The summed E-state index contributed by atoms with van der Waals surface area (Å²) in [6.45, 7) is 3.94. The maximum atomic E-state index is 13.3. The summed E-state index contributed by atoms with van der Waals surface area (Å²) < 4.78 is 18.8. The summed E-state index contributed by atoms with van der Waals surface area (Å²) in [5.74, 6) is 0.424. The first-order valence-electron chi connectivity index (χ1n) is 6.59. The second kappa shape index (κ2) is 6.54. The summed E-state index contributed by atoms with van der Waals surface area (Å²) in [7, 11) is 0. The van der Waals surface area contributed by atoms with Crippen LogP contribution in [0.3, 0.4) is 0 Å². The van der Waals surface area contributed by atoms with Crippen LogP contribution in [0, 0.1) is 5.82 Å². The number of ether oxygens (including phenoxy) is 1. The first kappa shape index (κ1) is 15.3. The van der Waals surface area contributed by atoms with Crippen LogP contribution in [0.25, 0.3) is 0 Å². The minimum atomic E-state index is -0.371. The van der Waals surface area contributed by atoms with Crippen LogP contribution in [0.5, 0.6) is 5.75 Å². The third-order valence-corrected chi connectivity index (χ3v) is 2.97. The van der Waals surface area contributed by atoms with Crippen LogP contribution in [-0.4, -0.2) is 11.1 Å². The van der Waals surface area contributed by atoms with Crippen LogP contribution in [-0.2, 0) is 0 Å². The topological polar surface area (TPSA) is 47.3 Å². The van der Waals surface area contributed by atoms with Crippen molar-refractivity contribution in [1.29, 1.82) is 0 Å². The molecule has 0 saturated carbocycles. The highest BCUT2D eigenvalue weighted by molar-refractivity contribution is 7.80. The molecule has 21 heavy (non-hydrogen) atoms. The summed E-state index contributed by atoms with van der Waals surface area (Å²) in [6.07, 6.45) is 0.127. The molecule has 0 saturated heterocycles. The molecule has 0 aliphatic carbocycles. The van der Waals surface area contributed by atoms with Crippen LogP contribution >= 0.6 is 12.2 Å². The summed E-state index contributed by atoms with van der Waals surface area (Å²) >= 11 is 4.94. The SMILES string of the molecule is CC(C)Oc1ccc(Nc2ccc(F)cc2C(N)=S)cc1. The lowest BCUT2D eigenvalue weighted by atomic mass is 10.1. The average molecular weight is 304 g/mol. The van der Waals surface area contributed by atoms with E-state index in [2.05, 4.69) is 5.32 Å². The number of benzene rings is 2. The van der Waals surface area contributed by atoms with Gasteiger partial charge in [-0.1, -0.05) is 12.2 Å². The van der Waals surface area contributed by atoms with Crippen LogP contribution in [0.2, 0.25) is 0 Å². The number of anilines is 2. The summed E-state index contributed by atoms with van der Waals surface area (Å²) in [5, 5.41) is 3.17. The molecule has 0 atom stereocenters. The Morgan fingerprint density at radius 3 is 2.43 bits per heavy atom. The van der Waals surface area contributed by atoms with Crippen molar-refractivity contribution in [3.63, 3.8) is 0 Å². The molecule has 0 amide bonds. The van der Waals surface area contributed by atoms with Crippen molar-refractivity contribution < 1.29 is 9.13 Å². The van der Waals surface area contributed by atoms with Crippen molar-refractivity contribution in [3.05, 3.63) is 53.8 Å². The van der Waals surface area contributed by atoms with Crippen molar-refractivity contribution in [1.82, 2.24) is 0 Å². The summed E-state index contributed by atoms with van der Waals surface area (Å²) in [5.41, 5.74) is 7.61. The fraction of sp³-hybridized carbons (Fsp3) is 0.188. The van der Waals surface area contributed by atoms with Crippen molar-refractivity contribution in [2.24, 2.45) is 5.73 Å². The number of halogens is 1. The van der Waals surface area contributed by atoms with E-state index >= 15 is 0 Å². The fourth-order valence-corrected chi connectivity index (χ4v) is 2.04. The van der Waals surface area contributed by atoms with Gasteiger partial charge >= 0.3 is 0 Å². The van der Waals surface area contributed by atoms with Gasteiger partial charge in [-0.2, -0.15) is 0 Å². The van der Waals surface area contributed by atoms with E-state index in [0.717, 1.165) is 11.4 Å². The smallest absolute Gasteiger partial charge is 0.124 e. The molecule has 0 heterocycles. The molecular weight excluding hydrogens is 287 g/mol. The van der Waals surface area contributed by atoms with Gasteiger partial charge in [-0.05, 0) is 56.3 Å². The monoisotopic (exact) mass is 304 g/mol. The number of nitrogens with two attached hydrogens (primary N) is 1. The summed E-state index contributed by atoms with van der Waals surface area (Å²) in [4.78, 5) is 0.150. The van der Waals surface area contributed by atoms with Gasteiger partial charge in [-0.3, -0.25) is 0 Å². The fourth-order valence-electron chi connectivity index (χ4n) is 1.87. The average Bonchev–Trinajstić information content (AvgIpc) is 2.42. The quantitative estimate of drug-likeness (QED) is 0.820. The number of rotatable bonds is 5. The van der Waals surface area contributed by atoms with Crippen molar-refractivity contribution in [2.75, 3.05) is 5.32 Å². The van der Waals surface area contributed by atoms with E-state index in [1.54, 1.807) is 6.07 Å². The van der Waals surface area contributed by atoms with E-state index in [4.69, 9.17) is 22.7 Å². The van der Waals surface area contributed by atoms with Gasteiger partial charge in [0.15, 0.2) is 0 Å². The van der Waals surface area contributed by atoms with Gasteiger partial charge in [0.25, 0.3) is 0 Å². The molecular formula is C16H17FN2OS. The lowest BCUT2D eigenvalue weighted by Gasteiger charge is -2.13. The molecule has 3 nitrogen and oxygen atoms in total. The first-order valence-corrected chi connectivity index (χ1v) is 6.99. The summed E-state index contributed by atoms with van der Waals surface area (Å²) in [6, 6.07) is 11.8. The Balaban J connectivity index is 2.20. The molecule has 0 bridgehead atoms. The Morgan fingerprint density at radius 2 is 1.86 bits per heavy atom. The van der Waals surface area contributed by atoms with Gasteiger partial charge in [0.2, 0.25) is 0 Å². The molecule has 0 unspecified atom stereocenters. The second-order valence-electron chi connectivity index (χ2n) is 4.87. The Bertz CT molecular complexity index is 641. The number of hydrogen-bond donors (Lipinski definition) is 2. The van der Waals surface area contributed by atoms with Crippen molar-refractivity contribution in [2.45, 2.75) is 20.0 Å². The van der Waals surface area contributed by atoms with Crippen LogP contribution in [0.1, 0.15) is 19.4 Å². The third kappa shape index (κ3) is 4.16. The Morgan fingerprint density at radius 1 is 1.19 bits per heavy atom. The molecule has 0 radical (unpaired) electrons. The molecule has 0 spiro atoms. The maximum Gasteiger partial charge on any atom is 0.124 e. The van der Waals surface area contributed by atoms with Gasteiger partial charge in [-0.25, -0.2) is 4.39 Å². The molecule has 2 aromatic rings. The highest BCUT2D eigenvalue weighted by Gasteiger charge is 2.07. The van der Waals surface area contributed by atoms with Gasteiger partial charge in [-0.15, -0.1) is 0 Å². The van der Waals surface area contributed by atoms with E-state index < -0.39 is 0 Å². The highest BCUT2D eigenvalue weighted by atomic mass is 32.1. The van der Waals surface area contributed by atoms with Gasteiger partial charge in [0, 0.05) is 16.9 Å². The van der Waals surface area contributed by atoms with Gasteiger partial charge < -0.3 is 15.8 Å². The standard InChI is InChI=1S/C16H17FN2OS/c1-10(2)20-13-6-4-12(5-7-13)19-15-8-3-11(17)9-14(15)16(18)21/h3-10,19H,1-2H3,(H2,18,21). The Labute approximate surface area is 128 Å².